The Hall–Kier alpha value is -2.06. The van der Waals surface area contributed by atoms with Crippen LogP contribution in [0, 0.1) is 6.92 Å². The first-order valence-electron chi connectivity index (χ1n) is 5.98. The molecule has 2 aromatic rings. The van der Waals surface area contributed by atoms with E-state index in [1.165, 1.54) is 5.56 Å². The lowest BCUT2D eigenvalue weighted by atomic mass is 10.2. The fourth-order valence-electron chi connectivity index (χ4n) is 1.59. The lowest BCUT2D eigenvalue weighted by Crippen LogP contribution is -2.06. The number of nitrogens with two attached hydrogens (primary N) is 1. The van der Waals surface area contributed by atoms with Crippen LogP contribution in [0.4, 0.5) is 5.69 Å². The largest absolute Gasteiger partial charge is 0.384 e. The van der Waals surface area contributed by atoms with Crippen molar-refractivity contribution in [1.82, 2.24) is 0 Å². The highest BCUT2D eigenvalue weighted by atomic mass is 35.5. The molecule has 19 heavy (non-hydrogen) atoms. The van der Waals surface area contributed by atoms with Crippen molar-refractivity contribution in [3.63, 3.8) is 0 Å². The van der Waals surface area contributed by atoms with Gasteiger partial charge in [-0.3, -0.25) is 0 Å². The lowest BCUT2D eigenvalue weighted by Gasteiger charge is -1.98. The summed E-state index contributed by atoms with van der Waals surface area (Å²) in [4.78, 5) is 4.31. The maximum Gasteiger partial charge on any atom is 0.124 e. The molecule has 3 heteroatoms. The number of amidine groups is 1. The second-order valence-electron chi connectivity index (χ2n) is 4.23. The highest BCUT2D eigenvalue weighted by Gasteiger charge is 1.94. The third-order valence-corrected chi connectivity index (χ3v) is 2.98. The fourth-order valence-corrected chi connectivity index (χ4v) is 1.79. The Kier molecular flexibility index (Phi) is 4.37. The number of hydrogen-bond donors (Lipinski definition) is 1. The van der Waals surface area contributed by atoms with Gasteiger partial charge in [0.25, 0.3) is 0 Å². The Balaban J connectivity index is 2.14. The third-order valence-electron chi connectivity index (χ3n) is 2.63. The molecule has 2 rings (SSSR count). The van der Waals surface area contributed by atoms with E-state index in [9.17, 15) is 0 Å². The molecule has 0 aliphatic heterocycles. The molecule has 0 radical (unpaired) electrons. The van der Waals surface area contributed by atoms with Gasteiger partial charge >= 0.3 is 0 Å². The average Bonchev–Trinajstić information content (AvgIpc) is 2.40. The molecule has 0 unspecified atom stereocenters. The number of aryl methyl sites for hydroxylation is 1. The maximum atomic E-state index is 6.05. The Morgan fingerprint density at radius 2 is 1.79 bits per heavy atom. The summed E-state index contributed by atoms with van der Waals surface area (Å²) in [5.74, 6) is 0.448. The molecular formula is C16H15ClN2. The van der Waals surface area contributed by atoms with Crippen molar-refractivity contribution in [1.29, 1.82) is 0 Å². The van der Waals surface area contributed by atoms with Gasteiger partial charge in [0.15, 0.2) is 0 Å². The predicted octanol–water partition coefficient (Wildman–Crippen LogP) is 4.35. The van der Waals surface area contributed by atoms with Crippen LogP contribution in [0.1, 0.15) is 11.1 Å². The van der Waals surface area contributed by atoms with Crippen molar-refractivity contribution in [2.24, 2.45) is 10.7 Å². The Morgan fingerprint density at radius 3 is 2.47 bits per heavy atom. The number of benzene rings is 2. The highest BCUT2D eigenvalue weighted by Crippen LogP contribution is 2.16. The molecule has 0 aliphatic rings. The van der Waals surface area contributed by atoms with Gasteiger partial charge in [-0.15, -0.1) is 0 Å². The molecule has 2 aromatic carbocycles. The van der Waals surface area contributed by atoms with Gasteiger partial charge in [-0.1, -0.05) is 47.5 Å². The van der Waals surface area contributed by atoms with E-state index in [0.717, 1.165) is 11.3 Å². The van der Waals surface area contributed by atoms with Crippen molar-refractivity contribution in [2.45, 2.75) is 6.92 Å². The summed E-state index contributed by atoms with van der Waals surface area (Å²) >= 11 is 6.05. The summed E-state index contributed by atoms with van der Waals surface area (Å²) in [5.41, 5.74) is 8.82. The van der Waals surface area contributed by atoms with E-state index in [4.69, 9.17) is 17.3 Å². The molecule has 0 atom stereocenters. The van der Waals surface area contributed by atoms with Gasteiger partial charge in [-0.05, 0) is 42.8 Å². The summed E-state index contributed by atoms with van der Waals surface area (Å²) in [6.45, 7) is 2.04. The molecular weight excluding hydrogens is 256 g/mol. The predicted molar refractivity (Wildman–Crippen MR) is 82.9 cm³/mol. The van der Waals surface area contributed by atoms with Gasteiger partial charge < -0.3 is 5.73 Å². The highest BCUT2D eigenvalue weighted by molar-refractivity contribution is 6.32. The number of hydrogen-bond acceptors (Lipinski definition) is 1. The van der Waals surface area contributed by atoms with Crippen LogP contribution in [0.3, 0.4) is 0 Å². The molecule has 0 aliphatic carbocycles. The zero-order valence-electron chi connectivity index (χ0n) is 10.7. The van der Waals surface area contributed by atoms with Crippen molar-refractivity contribution >= 4 is 29.2 Å². The third kappa shape index (κ3) is 3.97. The van der Waals surface area contributed by atoms with Crippen LogP contribution in [0.2, 0.25) is 5.02 Å². The van der Waals surface area contributed by atoms with E-state index >= 15 is 0 Å². The minimum absolute atomic E-state index is 0.448. The average molecular weight is 271 g/mol. The van der Waals surface area contributed by atoms with Crippen molar-refractivity contribution < 1.29 is 0 Å². The topological polar surface area (TPSA) is 38.4 Å². The minimum atomic E-state index is 0.448. The van der Waals surface area contributed by atoms with E-state index in [0.29, 0.717) is 10.9 Å². The normalized spacial score (nSPS) is 12.0. The van der Waals surface area contributed by atoms with Crippen LogP contribution in [-0.4, -0.2) is 5.84 Å². The second kappa shape index (κ2) is 6.21. The van der Waals surface area contributed by atoms with E-state index in [1.807, 2.05) is 61.5 Å². The second-order valence-corrected chi connectivity index (χ2v) is 4.63. The summed E-state index contributed by atoms with van der Waals surface area (Å²) in [7, 11) is 0. The van der Waals surface area contributed by atoms with Crippen LogP contribution in [-0.2, 0) is 0 Å². The standard InChI is InChI=1S/C16H15ClN2/c1-12-6-9-14(10-7-12)19-16(18)11-8-13-4-2-3-5-15(13)17/h2-11H,1H3,(H2,18,19)/b11-8+. The van der Waals surface area contributed by atoms with Crippen molar-refractivity contribution in [3.8, 4) is 0 Å². The summed E-state index contributed by atoms with van der Waals surface area (Å²) in [5, 5.41) is 0.696. The van der Waals surface area contributed by atoms with Crippen LogP contribution in [0.25, 0.3) is 6.08 Å². The van der Waals surface area contributed by atoms with E-state index < -0.39 is 0 Å². The van der Waals surface area contributed by atoms with Gasteiger partial charge in [-0.25, -0.2) is 4.99 Å². The van der Waals surface area contributed by atoms with E-state index in [1.54, 1.807) is 6.08 Å². The molecule has 0 fully saturated rings. The smallest absolute Gasteiger partial charge is 0.124 e. The molecule has 0 aromatic heterocycles. The molecule has 2 N–H and O–H groups in total. The quantitative estimate of drug-likeness (QED) is 0.653. The molecule has 96 valence electrons. The Morgan fingerprint density at radius 1 is 1.11 bits per heavy atom. The van der Waals surface area contributed by atoms with Crippen LogP contribution in [0.5, 0.6) is 0 Å². The number of halogens is 1. The van der Waals surface area contributed by atoms with Gasteiger partial charge in [0.1, 0.15) is 5.84 Å². The van der Waals surface area contributed by atoms with E-state index in [-0.39, 0.29) is 0 Å². The van der Waals surface area contributed by atoms with Crippen molar-refractivity contribution in [2.75, 3.05) is 0 Å². The first kappa shape index (κ1) is 13.4. The SMILES string of the molecule is Cc1ccc(N=C(N)/C=C/c2ccccc2Cl)cc1. The first-order chi connectivity index (χ1) is 9.15. The molecule has 2 nitrogen and oxygen atoms in total. The zero-order chi connectivity index (χ0) is 13.7. The Bertz CT molecular complexity index is 613. The fraction of sp³-hybridized carbons (Fsp3) is 0.0625. The summed E-state index contributed by atoms with van der Waals surface area (Å²) in [6, 6.07) is 15.5. The van der Waals surface area contributed by atoms with Gasteiger partial charge in [0, 0.05) is 5.02 Å². The lowest BCUT2D eigenvalue weighted by molar-refractivity contribution is 1.42. The Labute approximate surface area is 118 Å². The molecule has 0 spiro atoms. The first-order valence-corrected chi connectivity index (χ1v) is 6.36. The molecule has 0 saturated heterocycles. The van der Waals surface area contributed by atoms with Crippen molar-refractivity contribution in [3.05, 3.63) is 70.8 Å². The van der Waals surface area contributed by atoms with Gasteiger partial charge in [0.05, 0.1) is 5.69 Å². The number of rotatable bonds is 3. The zero-order valence-corrected chi connectivity index (χ0v) is 11.4. The molecule has 0 saturated carbocycles. The van der Waals surface area contributed by atoms with Gasteiger partial charge in [-0.2, -0.15) is 0 Å². The summed E-state index contributed by atoms with van der Waals surface area (Å²) in [6.07, 6.45) is 3.61. The summed E-state index contributed by atoms with van der Waals surface area (Å²) < 4.78 is 0. The maximum absolute atomic E-state index is 6.05. The molecule has 0 amide bonds. The van der Waals surface area contributed by atoms with Crippen LogP contribution >= 0.6 is 11.6 Å². The number of nitrogens with zero attached hydrogens (tertiary/aromatic N) is 1. The minimum Gasteiger partial charge on any atom is -0.384 e. The van der Waals surface area contributed by atoms with Crippen LogP contribution in [0.15, 0.2) is 59.6 Å². The van der Waals surface area contributed by atoms with E-state index in [2.05, 4.69) is 4.99 Å². The van der Waals surface area contributed by atoms with Crippen LogP contribution < -0.4 is 5.73 Å². The molecule has 0 heterocycles. The number of aliphatic imine (C=N–C) groups is 1. The molecule has 0 bridgehead atoms. The monoisotopic (exact) mass is 270 g/mol. The van der Waals surface area contributed by atoms with Gasteiger partial charge in [0.2, 0.25) is 0 Å².